The summed E-state index contributed by atoms with van der Waals surface area (Å²) >= 11 is 1.59. The number of carbonyl (C=O) groups is 2. The summed E-state index contributed by atoms with van der Waals surface area (Å²) in [5.41, 5.74) is 1.82. The molecule has 27 heavy (non-hydrogen) atoms. The molecule has 3 heterocycles. The summed E-state index contributed by atoms with van der Waals surface area (Å²) in [4.78, 5) is 35.7. The average molecular weight is 386 g/mol. The Labute approximate surface area is 161 Å². The zero-order valence-corrected chi connectivity index (χ0v) is 15.9. The van der Waals surface area contributed by atoms with Crippen LogP contribution in [0.1, 0.15) is 35.1 Å². The van der Waals surface area contributed by atoms with Crippen molar-refractivity contribution in [3.05, 3.63) is 46.2 Å². The van der Waals surface area contributed by atoms with Crippen molar-refractivity contribution in [2.24, 2.45) is 0 Å². The number of morpholine rings is 1. The Morgan fingerprint density at radius 3 is 2.96 bits per heavy atom. The molecule has 1 aliphatic heterocycles. The molecule has 2 aliphatic rings. The number of ether oxygens (including phenoxy) is 1. The standard InChI is InChI=1S/C19H22N4O3S/c1-12-11-27-15(22-12)6-8-21-19(25)18-17(13-3-2-7-20-9-13)23(14-4-5-14)16(24)10-26-18/h2-3,7,9,11,14,17-18H,4-6,8,10H2,1H3,(H,21,25)/t17-,18+/m1/s1. The summed E-state index contributed by atoms with van der Waals surface area (Å²) in [7, 11) is 0. The van der Waals surface area contributed by atoms with Crippen LogP contribution in [0, 0.1) is 6.92 Å². The third-order valence-electron chi connectivity index (χ3n) is 4.79. The van der Waals surface area contributed by atoms with Crippen molar-refractivity contribution >= 4 is 23.2 Å². The Balaban J connectivity index is 1.48. The van der Waals surface area contributed by atoms with Gasteiger partial charge in [0.05, 0.1) is 11.0 Å². The quantitative estimate of drug-likeness (QED) is 0.816. The summed E-state index contributed by atoms with van der Waals surface area (Å²) in [6.07, 6.45) is 5.29. The molecular formula is C19H22N4O3S. The number of nitrogens with zero attached hydrogens (tertiary/aromatic N) is 3. The first kappa shape index (κ1) is 18.1. The van der Waals surface area contributed by atoms with Crippen LogP contribution in [0.4, 0.5) is 0 Å². The van der Waals surface area contributed by atoms with Crippen molar-refractivity contribution in [1.29, 1.82) is 0 Å². The van der Waals surface area contributed by atoms with E-state index in [-0.39, 0.29) is 24.5 Å². The Hall–Kier alpha value is -2.32. The molecule has 0 unspecified atom stereocenters. The molecule has 1 saturated heterocycles. The maximum Gasteiger partial charge on any atom is 0.251 e. The van der Waals surface area contributed by atoms with Crippen LogP contribution in [-0.4, -0.2) is 52.0 Å². The van der Waals surface area contributed by atoms with Gasteiger partial charge in [-0.25, -0.2) is 4.98 Å². The maximum atomic E-state index is 12.9. The third-order valence-corrected chi connectivity index (χ3v) is 5.82. The fourth-order valence-electron chi connectivity index (χ4n) is 3.43. The second-order valence-corrected chi connectivity index (χ2v) is 7.86. The molecule has 0 bridgehead atoms. The second kappa shape index (κ2) is 7.74. The van der Waals surface area contributed by atoms with Crippen molar-refractivity contribution < 1.29 is 14.3 Å². The van der Waals surface area contributed by atoms with E-state index in [0.717, 1.165) is 29.1 Å². The topological polar surface area (TPSA) is 84.4 Å². The van der Waals surface area contributed by atoms with Gasteiger partial charge in [0.2, 0.25) is 5.91 Å². The molecule has 0 spiro atoms. The summed E-state index contributed by atoms with van der Waals surface area (Å²) in [5.74, 6) is -0.260. The van der Waals surface area contributed by atoms with Gasteiger partial charge in [-0.1, -0.05) is 6.07 Å². The van der Waals surface area contributed by atoms with Gasteiger partial charge < -0.3 is 15.0 Å². The summed E-state index contributed by atoms with van der Waals surface area (Å²) in [6, 6.07) is 3.47. The number of hydrogen-bond acceptors (Lipinski definition) is 6. The molecular weight excluding hydrogens is 364 g/mol. The molecule has 0 radical (unpaired) electrons. The molecule has 142 valence electrons. The molecule has 8 heteroatoms. The van der Waals surface area contributed by atoms with Crippen molar-refractivity contribution in [3.8, 4) is 0 Å². The maximum absolute atomic E-state index is 12.9. The van der Waals surface area contributed by atoms with Gasteiger partial charge in [0.25, 0.3) is 5.91 Å². The number of hydrogen-bond donors (Lipinski definition) is 1. The van der Waals surface area contributed by atoms with E-state index in [1.165, 1.54) is 0 Å². The van der Waals surface area contributed by atoms with Gasteiger partial charge in [-0.3, -0.25) is 14.6 Å². The van der Waals surface area contributed by atoms with Gasteiger partial charge in [-0.15, -0.1) is 11.3 Å². The van der Waals surface area contributed by atoms with Crippen molar-refractivity contribution in [3.63, 3.8) is 0 Å². The summed E-state index contributed by atoms with van der Waals surface area (Å²) in [6.45, 7) is 2.39. The van der Waals surface area contributed by atoms with Gasteiger partial charge >= 0.3 is 0 Å². The Morgan fingerprint density at radius 1 is 1.44 bits per heavy atom. The highest BCUT2D eigenvalue weighted by Gasteiger charge is 2.47. The first-order valence-corrected chi connectivity index (χ1v) is 10.0. The highest BCUT2D eigenvalue weighted by molar-refractivity contribution is 7.09. The van der Waals surface area contributed by atoms with E-state index in [1.54, 1.807) is 23.7 Å². The minimum atomic E-state index is -0.731. The van der Waals surface area contributed by atoms with Gasteiger partial charge in [0.15, 0.2) is 6.10 Å². The molecule has 4 rings (SSSR count). The van der Waals surface area contributed by atoms with Crippen LogP contribution >= 0.6 is 11.3 Å². The molecule has 1 N–H and O–H groups in total. The number of rotatable bonds is 6. The smallest absolute Gasteiger partial charge is 0.251 e. The molecule has 1 saturated carbocycles. The van der Waals surface area contributed by atoms with Gasteiger partial charge in [-0.2, -0.15) is 0 Å². The molecule has 2 aromatic rings. The number of thiazole rings is 1. The molecule has 2 fully saturated rings. The van der Waals surface area contributed by atoms with E-state index in [9.17, 15) is 9.59 Å². The van der Waals surface area contributed by atoms with Crippen LogP contribution in [0.5, 0.6) is 0 Å². The third kappa shape index (κ3) is 4.01. The molecule has 1 aliphatic carbocycles. The fraction of sp³-hybridized carbons (Fsp3) is 0.474. The Kier molecular flexibility index (Phi) is 5.18. The van der Waals surface area contributed by atoms with E-state index in [4.69, 9.17) is 4.74 Å². The highest BCUT2D eigenvalue weighted by Crippen LogP contribution is 2.39. The van der Waals surface area contributed by atoms with Crippen LogP contribution in [0.15, 0.2) is 29.9 Å². The first-order valence-electron chi connectivity index (χ1n) is 9.15. The fourth-order valence-corrected chi connectivity index (χ4v) is 4.20. The van der Waals surface area contributed by atoms with Gasteiger partial charge in [0, 0.05) is 42.5 Å². The minimum Gasteiger partial charge on any atom is -0.356 e. The summed E-state index contributed by atoms with van der Waals surface area (Å²) < 4.78 is 5.69. The molecule has 2 amide bonds. The van der Waals surface area contributed by atoms with Gasteiger partial charge in [0.1, 0.15) is 6.61 Å². The predicted molar refractivity (Wildman–Crippen MR) is 100 cm³/mol. The first-order chi connectivity index (χ1) is 13.1. The second-order valence-electron chi connectivity index (χ2n) is 6.92. The number of aryl methyl sites for hydroxylation is 1. The average Bonchev–Trinajstić information content (AvgIpc) is 3.43. The Bertz CT molecular complexity index is 821. The predicted octanol–water partition coefficient (Wildman–Crippen LogP) is 1.64. The van der Waals surface area contributed by atoms with Crippen molar-refractivity contribution in [2.75, 3.05) is 13.2 Å². The lowest BCUT2D eigenvalue weighted by Crippen LogP contribution is -2.55. The molecule has 2 aromatic heterocycles. The normalized spacial score (nSPS) is 22.7. The molecule has 0 aromatic carbocycles. The lowest BCUT2D eigenvalue weighted by molar-refractivity contribution is -0.165. The number of amides is 2. The lowest BCUT2D eigenvalue weighted by Gasteiger charge is -2.40. The minimum absolute atomic E-state index is 0.0585. The molecule has 7 nitrogen and oxygen atoms in total. The Morgan fingerprint density at radius 2 is 2.30 bits per heavy atom. The van der Waals surface area contributed by atoms with Crippen molar-refractivity contribution in [2.45, 2.75) is 44.4 Å². The number of nitrogens with one attached hydrogen (secondary N) is 1. The lowest BCUT2D eigenvalue weighted by atomic mass is 9.98. The SMILES string of the molecule is Cc1csc(CCNC(=O)[C@H]2OCC(=O)N(C3CC3)[C@@H]2c2cccnc2)n1. The van der Waals surface area contributed by atoms with E-state index in [2.05, 4.69) is 15.3 Å². The van der Waals surface area contributed by atoms with Crippen LogP contribution in [0.25, 0.3) is 0 Å². The number of carbonyl (C=O) groups excluding carboxylic acids is 2. The molecule has 2 atom stereocenters. The van der Waals surface area contributed by atoms with Gasteiger partial charge in [-0.05, 0) is 31.4 Å². The van der Waals surface area contributed by atoms with E-state index in [0.29, 0.717) is 13.0 Å². The highest BCUT2D eigenvalue weighted by atomic mass is 32.1. The van der Waals surface area contributed by atoms with Crippen LogP contribution in [0.3, 0.4) is 0 Å². The zero-order chi connectivity index (χ0) is 18.8. The van der Waals surface area contributed by atoms with E-state index < -0.39 is 12.1 Å². The van der Waals surface area contributed by atoms with Crippen LogP contribution in [-0.2, 0) is 20.7 Å². The monoisotopic (exact) mass is 386 g/mol. The summed E-state index contributed by atoms with van der Waals surface area (Å²) in [5, 5.41) is 5.94. The zero-order valence-electron chi connectivity index (χ0n) is 15.1. The van der Waals surface area contributed by atoms with Crippen LogP contribution in [0.2, 0.25) is 0 Å². The van der Waals surface area contributed by atoms with Crippen molar-refractivity contribution in [1.82, 2.24) is 20.2 Å². The van der Waals surface area contributed by atoms with Crippen LogP contribution < -0.4 is 5.32 Å². The number of pyridine rings is 1. The number of aromatic nitrogens is 2. The van der Waals surface area contributed by atoms with E-state index >= 15 is 0 Å². The largest absolute Gasteiger partial charge is 0.356 e. The van der Waals surface area contributed by atoms with E-state index in [1.807, 2.05) is 29.3 Å².